The van der Waals surface area contributed by atoms with Crippen molar-refractivity contribution in [2.45, 2.75) is 79.1 Å². The molecule has 4 aliphatic carbocycles. The number of allylic oxidation sites excluding steroid dienone is 3. The maximum absolute atomic E-state index is 13.1. The average Bonchev–Trinajstić information content (AvgIpc) is 2.88. The summed E-state index contributed by atoms with van der Waals surface area (Å²) >= 11 is 0. The Balaban J connectivity index is 1.75. The van der Waals surface area contributed by atoms with Crippen molar-refractivity contribution in [3.05, 3.63) is 23.8 Å². The maximum atomic E-state index is 13.1. The third kappa shape index (κ3) is 2.40. The lowest BCUT2D eigenvalue weighted by molar-refractivity contribution is -0.194. The number of Topliss-reactive ketones (excluding diaryl/α,β-unsaturated/α-hetero) is 1. The average molecular weight is 385 g/mol. The zero-order valence-corrected chi connectivity index (χ0v) is 18.0. The standard InChI is InChI=1S/C25H36O3/c1-6-15(2)21(26)18-9-11-23(4)19(24(18,5)22(27)28)10-12-25-13-16(3)17(14-25)7-8-20(23)25/h6,17-20H,3,7-14H2,1-2,4-5H3,(H,27,28)/b15-6+/t17-,18+,19+,20+,23-,24+,25-/m1/s1. The van der Waals surface area contributed by atoms with Crippen LogP contribution < -0.4 is 0 Å². The molecule has 1 spiro atoms. The number of carboxylic acids is 1. The number of ketones is 1. The third-order valence-electron chi connectivity index (χ3n) is 9.89. The van der Waals surface area contributed by atoms with Crippen molar-refractivity contribution < 1.29 is 14.7 Å². The molecule has 0 aromatic heterocycles. The van der Waals surface area contributed by atoms with Gasteiger partial charge in [0.25, 0.3) is 0 Å². The van der Waals surface area contributed by atoms with Gasteiger partial charge in [0.2, 0.25) is 0 Å². The van der Waals surface area contributed by atoms with E-state index in [-0.39, 0.29) is 17.1 Å². The molecule has 0 aromatic rings. The Morgan fingerprint density at radius 3 is 2.46 bits per heavy atom. The highest BCUT2D eigenvalue weighted by atomic mass is 16.4. The van der Waals surface area contributed by atoms with E-state index in [2.05, 4.69) is 13.5 Å². The Hall–Kier alpha value is -1.38. The van der Waals surface area contributed by atoms with Gasteiger partial charge in [0.1, 0.15) is 0 Å². The highest BCUT2D eigenvalue weighted by Gasteiger charge is 2.67. The van der Waals surface area contributed by atoms with Gasteiger partial charge in [-0.2, -0.15) is 0 Å². The Labute approximate surface area is 169 Å². The van der Waals surface area contributed by atoms with Gasteiger partial charge < -0.3 is 5.11 Å². The molecule has 3 nitrogen and oxygen atoms in total. The summed E-state index contributed by atoms with van der Waals surface area (Å²) in [5.74, 6) is 0.220. The van der Waals surface area contributed by atoms with Crippen LogP contribution in [0, 0.1) is 39.9 Å². The van der Waals surface area contributed by atoms with Gasteiger partial charge >= 0.3 is 5.97 Å². The molecule has 28 heavy (non-hydrogen) atoms. The van der Waals surface area contributed by atoms with Crippen LogP contribution >= 0.6 is 0 Å². The SMILES string of the molecule is C=C1C[C@@]23CC[C@H]4[C@@](C)(CC[C@@H](C(=O)/C(C)=C/C)[C@]4(C)C(=O)O)[C@@H]2CC[C@@H]1C3. The predicted molar refractivity (Wildman–Crippen MR) is 111 cm³/mol. The van der Waals surface area contributed by atoms with Gasteiger partial charge in [-0.15, -0.1) is 0 Å². The number of aliphatic carboxylic acids is 1. The second kappa shape index (κ2) is 6.31. The number of rotatable bonds is 3. The smallest absolute Gasteiger partial charge is 0.310 e. The summed E-state index contributed by atoms with van der Waals surface area (Å²) in [5.41, 5.74) is 1.55. The van der Waals surface area contributed by atoms with Gasteiger partial charge in [-0.25, -0.2) is 0 Å². The fraction of sp³-hybridized carbons (Fsp3) is 0.760. The molecule has 3 heteroatoms. The van der Waals surface area contributed by atoms with Crippen LogP contribution in [0.5, 0.6) is 0 Å². The fourth-order valence-corrected chi connectivity index (χ4v) is 8.40. The first-order valence-electron chi connectivity index (χ1n) is 11.2. The highest BCUT2D eigenvalue weighted by Crippen LogP contribution is 2.72. The van der Waals surface area contributed by atoms with Crippen LogP contribution in [0.4, 0.5) is 0 Å². The fourth-order valence-electron chi connectivity index (χ4n) is 8.40. The van der Waals surface area contributed by atoms with E-state index in [1.807, 2.05) is 26.8 Å². The minimum Gasteiger partial charge on any atom is -0.481 e. The summed E-state index contributed by atoms with van der Waals surface area (Å²) in [5, 5.41) is 10.4. The zero-order valence-electron chi connectivity index (χ0n) is 18.0. The van der Waals surface area contributed by atoms with E-state index >= 15 is 0 Å². The second-order valence-electron chi connectivity index (χ2n) is 10.8. The quantitative estimate of drug-likeness (QED) is 0.494. The molecule has 4 fully saturated rings. The molecule has 0 aliphatic heterocycles. The molecule has 7 atom stereocenters. The van der Waals surface area contributed by atoms with E-state index in [0.29, 0.717) is 29.2 Å². The number of hydrogen-bond acceptors (Lipinski definition) is 2. The third-order valence-corrected chi connectivity index (χ3v) is 9.89. The summed E-state index contributed by atoms with van der Waals surface area (Å²) in [7, 11) is 0. The molecule has 0 radical (unpaired) electrons. The lowest BCUT2D eigenvalue weighted by Gasteiger charge is -2.64. The molecule has 1 N–H and O–H groups in total. The van der Waals surface area contributed by atoms with Gasteiger partial charge in [0, 0.05) is 5.92 Å². The first kappa shape index (κ1) is 19.9. The van der Waals surface area contributed by atoms with Crippen LogP contribution in [0.1, 0.15) is 79.1 Å². The summed E-state index contributed by atoms with van der Waals surface area (Å²) in [4.78, 5) is 25.8. The van der Waals surface area contributed by atoms with Crippen LogP contribution in [0.15, 0.2) is 23.8 Å². The highest BCUT2D eigenvalue weighted by molar-refractivity contribution is 6.00. The molecule has 4 aliphatic rings. The molecule has 4 rings (SSSR count). The molecule has 2 bridgehead atoms. The van der Waals surface area contributed by atoms with E-state index in [9.17, 15) is 14.7 Å². The van der Waals surface area contributed by atoms with Gasteiger partial charge in [0.15, 0.2) is 5.78 Å². The minimum absolute atomic E-state index is 0.0155. The van der Waals surface area contributed by atoms with Crippen LogP contribution in [-0.2, 0) is 9.59 Å². The van der Waals surface area contributed by atoms with E-state index in [0.717, 1.165) is 25.7 Å². The van der Waals surface area contributed by atoms with Crippen molar-refractivity contribution in [3.8, 4) is 0 Å². The minimum atomic E-state index is -0.970. The van der Waals surface area contributed by atoms with Crippen LogP contribution in [0.2, 0.25) is 0 Å². The maximum Gasteiger partial charge on any atom is 0.310 e. The topological polar surface area (TPSA) is 54.4 Å². The van der Waals surface area contributed by atoms with Crippen LogP contribution in [0.3, 0.4) is 0 Å². The van der Waals surface area contributed by atoms with E-state index in [1.54, 1.807) is 0 Å². The number of hydrogen-bond donors (Lipinski definition) is 1. The summed E-state index contributed by atoms with van der Waals surface area (Å²) in [6.45, 7) is 12.3. The molecule has 0 unspecified atom stereocenters. The molecule has 154 valence electrons. The van der Waals surface area contributed by atoms with Crippen LogP contribution in [0.25, 0.3) is 0 Å². The Morgan fingerprint density at radius 1 is 1.11 bits per heavy atom. The van der Waals surface area contributed by atoms with Gasteiger partial charge in [-0.3, -0.25) is 9.59 Å². The zero-order chi connectivity index (χ0) is 20.5. The second-order valence-corrected chi connectivity index (χ2v) is 10.8. The van der Waals surface area contributed by atoms with E-state index in [4.69, 9.17) is 0 Å². The molecule has 4 saturated carbocycles. The Morgan fingerprint density at radius 2 is 1.82 bits per heavy atom. The van der Waals surface area contributed by atoms with Crippen molar-refractivity contribution in [2.75, 3.05) is 0 Å². The summed E-state index contributed by atoms with van der Waals surface area (Å²) < 4.78 is 0. The van der Waals surface area contributed by atoms with Gasteiger partial charge in [-0.05, 0) is 106 Å². The van der Waals surface area contributed by atoms with Crippen LogP contribution in [-0.4, -0.2) is 16.9 Å². The normalized spacial score (nSPS) is 48.0. The van der Waals surface area contributed by atoms with E-state index in [1.165, 1.54) is 24.8 Å². The number of carbonyl (C=O) groups is 2. The molecule has 0 amide bonds. The number of fused-ring (bicyclic) bond motifs is 3. The Kier molecular flexibility index (Phi) is 4.49. The molecule has 0 saturated heterocycles. The Bertz CT molecular complexity index is 764. The first-order chi connectivity index (χ1) is 13.1. The largest absolute Gasteiger partial charge is 0.481 e. The lowest BCUT2D eigenvalue weighted by atomic mass is 9.39. The predicted octanol–water partition coefficient (Wildman–Crippen LogP) is 5.80. The van der Waals surface area contributed by atoms with Crippen molar-refractivity contribution in [1.82, 2.24) is 0 Å². The van der Waals surface area contributed by atoms with Gasteiger partial charge in [-0.1, -0.05) is 25.2 Å². The summed E-state index contributed by atoms with van der Waals surface area (Å²) in [6.07, 6.45) is 10.4. The van der Waals surface area contributed by atoms with Crippen molar-refractivity contribution >= 4 is 11.8 Å². The molecular formula is C25H36O3. The number of carbonyl (C=O) groups excluding carboxylic acids is 1. The lowest BCUT2D eigenvalue weighted by Crippen LogP contribution is -2.62. The van der Waals surface area contributed by atoms with Crippen molar-refractivity contribution in [2.24, 2.45) is 39.9 Å². The van der Waals surface area contributed by atoms with Crippen molar-refractivity contribution in [1.29, 1.82) is 0 Å². The molecular weight excluding hydrogens is 348 g/mol. The number of carboxylic acid groups (broad SMARTS) is 1. The van der Waals surface area contributed by atoms with E-state index < -0.39 is 17.3 Å². The summed E-state index contributed by atoms with van der Waals surface area (Å²) in [6, 6.07) is 0. The molecule has 0 aromatic carbocycles. The monoisotopic (exact) mass is 384 g/mol. The molecule has 0 heterocycles. The van der Waals surface area contributed by atoms with Crippen molar-refractivity contribution in [3.63, 3.8) is 0 Å². The first-order valence-corrected chi connectivity index (χ1v) is 11.2. The van der Waals surface area contributed by atoms with Gasteiger partial charge in [0.05, 0.1) is 5.41 Å².